The Kier molecular flexibility index (Phi) is 8.15. The molecule has 3 rings (SSSR count). The number of methoxy groups -OCH3 is 2. The van der Waals surface area contributed by atoms with Crippen LogP contribution in [0.25, 0.3) is 0 Å². The molecule has 1 fully saturated rings. The largest absolute Gasteiger partial charge is 0.495 e. The van der Waals surface area contributed by atoms with Crippen LogP contribution in [-0.2, 0) is 21.4 Å². The maximum absolute atomic E-state index is 13.3. The summed E-state index contributed by atoms with van der Waals surface area (Å²) in [6.45, 7) is 3.74. The fourth-order valence-electron chi connectivity index (χ4n) is 3.29. The highest BCUT2D eigenvalue weighted by Gasteiger charge is 2.24. The molecule has 1 N–H and O–H groups in total. The number of hydrogen-bond acceptors (Lipinski definition) is 6. The van der Waals surface area contributed by atoms with Crippen LogP contribution in [0.5, 0.6) is 5.75 Å². The second-order valence-corrected chi connectivity index (χ2v) is 8.62. The fourth-order valence-corrected chi connectivity index (χ4v) is 4.50. The number of sulfonamides is 1. The number of halogens is 1. The molecule has 0 saturated carbocycles. The van der Waals surface area contributed by atoms with Crippen LogP contribution in [0.15, 0.2) is 47.4 Å². The molecule has 0 atom stereocenters. The van der Waals surface area contributed by atoms with Gasteiger partial charge in [-0.05, 0) is 35.9 Å². The summed E-state index contributed by atoms with van der Waals surface area (Å²) in [7, 11) is 1.06. The highest BCUT2D eigenvalue weighted by Crippen LogP contribution is 2.33. The molecule has 1 saturated heterocycles. The van der Waals surface area contributed by atoms with Gasteiger partial charge < -0.3 is 19.7 Å². The molecule has 2 aromatic carbocycles. The molecule has 0 radical (unpaired) electrons. The fraction of sp³-hybridized carbons (Fsp3) is 0.400. The van der Waals surface area contributed by atoms with E-state index in [-0.39, 0.29) is 17.3 Å². The van der Waals surface area contributed by atoms with E-state index in [0.717, 1.165) is 37.4 Å². The van der Waals surface area contributed by atoms with Gasteiger partial charge in [0.1, 0.15) is 5.75 Å². The molecule has 7 nitrogen and oxygen atoms in total. The normalized spacial score (nSPS) is 14.2. The van der Waals surface area contributed by atoms with Crippen LogP contribution in [0.3, 0.4) is 0 Å². The van der Waals surface area contributed by atoms with Crippen LogP contribution in [0.1, 0.15) is 5.56 Å². The first kappa shape index (κ1) is 23.3. The SMILES string of the molecule is COCc1cccc(N(C)S(=O)(=O)c2ccc(OC)c(N3CCNCC3)c2)c1.Cl. The van der Waals surface area contributed by atoms with Crippen LogP contribution in [0.4, 0.5) is 11.4 Å². The maximum atomic E-state index is 13.3. The van der Waals surface area contributed by atoms with Gasteiger partial charge in [0.15, 0.2) is 0 Å². The van der Waals surface area contributed by atoms with E-state index in [4.69, 9.17) is 9.47 Å². The van der Waals surface area contributed by atoms with Crippen LogP contribution >= 0.6 is 12.4 Å². The molecule has 1 heterocycles. The molecule has 0 bridgehead atoms. The van der Waals surface area contributed by atoms with E-state index < -0.39 is 10.0 Å². The lowest BCUT2D eigenvalue weighted by Crippen LogP contribution is -2.43. The quantitative estimate of drug-likeness (QED) is 0.711. The second kappa shape index (κ2) is 10.2. The average Bonchev–Trinajstić information content (AvgIpc) is 2.73. The molecule has 9 heteroatoms. The average molecular weight is 442 g/mol. The van der Waals surface area contributed by atoms with Gasteiger partial charge in [-0.15, -0.1) is 12.4 Å². The zero-order valence-corrected chi connectivity index (χ0v) is 18.6. The van der Waals surface area contributed by atoms with Crippen LogP contribution < -0.4 is 19.3 Å². The highest BCUT2D eigenvalue weighted by atomic mass is 35.5. The van der Waals surface area contributed by atoms with Gasteiger partial charge in [-0.3, -0.25) is 4.31 Å². The van der Waals surface area contributed by atoms with E-state index in [2.05, 4.69) is 10.2 Å². The molecule has 0 aliphatic carbocycles. The van der Waals surface area contributed by atoms with Gasteiger partial charge in [0.05, 0.1) is 30.0 Å². The van der Waals surface area contributed by atoms with Crippen molar-refractivity contribution < 1.29 is 17.9 Å². The Hall–Kier alpha value is -2.00. The molecule has 0 spiro atoms. The van der Waals surface area contributed by atoms with Crippen molar-refractivity contribution in [2.24, 2.45) is 0 Å². The minimum Gasteiger partial charge on any atom is -0.495 e. The van der Waals surface area contributed by atoms with Crippen molar-refractivity contribution >= 4 is 33.8 Å². The molecule has 2 aromatic rings. The summed E-state index contributed by atoms with van der Waals surface area (Å²) < 4.78 is 38.4. The lowest BCUT2D eigenvalue weighted by molar-refractivity contribution is 0.185. The topological polar surface area (TPSA) is 71.1 Å². The molecule has 0 amide bonds. The number of ether oxygens (including phenoxy) is 2. The highest BCUT2D eigenvalue weighted by molar-refractivity contribution is 7.92. The third kappa shape index (κ3) is 5.14. The summed E-state index contributed by atoms with van der Waals surface area (Å²) in [4.78, 5) is 2.38. The summed E-state index contributed by atoms with van der Waals surface area (Å²) in [5.74, 6) is 0.672. The molecule has 1 aliphatic heterocycles. The third-order valence-electron chi connectivity index (χ3n) is 4.85. The Labute approximate surface area is 179 Å². The van der Waals surface area contributed by atoms with E-state index in [9.17, 15) is 8.42 Å². The first-order valence-electron chi connectivity index (χ1n) is 9.18. The molecular formula is C20H28ClN3O4S. The van der Waals surface area contributed by atoms with Crippen molar-refractivity contribution in [1.82, 2.24) is 5.32 Å². The Morgan fingerprint density at radius 3 is 2.48 bits per heavy atom. The van der Waals surface area contributed by atoms with Crippen LogP contribution in [0.2, 0.25) is 0 Å². The molecule has 0 unspecified atom stereocenters. The minimum absolute atomic E-state index is 0. The summed E-state index contributed by atoms with van der Waals surface area (Å²) >= 11 is 0. The number of nitrogens with zero attached hydrogens (tertiary/aromatic N) is 2. The van der Waals surface area contributed by atoms with Gasteiger partial charge in [0.25, 0.3) is 10.0 Å². The van der Waals surface area contributed by atoms with E-state index >= 15 is 0 Å². The summed E-state index contributed by atoms with van der Waals surface area (Å²) in [5, 5.41) is 3.30. The number of rotatable bonds is 7. The van der Waals surface area contributed by atoms with E-state index in [1.165, 1.54) is 4.31 Å². The predicted octanol–water partition coefficient (Wildman–Crippen LogP) is 2.50. The Balaban J connectivity index is 0.00000300. The molecule has 160 valence electrons. The van der Waals surface area contributed by atoms with Crippen molar-refractivity contribution in [2.45, 2.75) is 11.5 Å². The molecule has 1 aliphatic rings. The Bertz CT molecular complexity index is 918. The Morgan fingerprint density at radius 2 is 1.83 bits per heavy atom. The molecular weight excluding hydrogens is 414 g/mol. The predicted molar refractivity (Wildman–Crippen MR) is 118 cm³/mol. The van der Waals surface area contributed by atoms with Gasteiger partial charge in [0.2, 0.25) is 0 Å². The smallest absolute Gasteiger partial charge is 0.264 e. The van der Waals surface area contributed by atoms with Gasteiger partial charge >= 0.3 is 0 Å². The third-order valence-corrected chi connectivity index (χ3v) is 6.63. The standard InChI is InChI=1S/C20H27N3O4S.ClH/c1-22(17-6-4-5-16(13-17)15-26-2)28(24,25)18-7-8-20(27-3)19(14-18)23-11-9-21-10-12-23;/h4-8,13-14,21H,9-12,15H2,1-3H3;1H. The van der Waals surface area contributed by atoms with Crippen LogP contribution in [-0.4, -0.2) is 55.9 Å². The zero-order chi connectivity index (χ0) is 20.1. The summed E-state index contributed by atoms with van der Waals surface area (Å²) in [6, 6.07) is 12.3. The number of hydrogen-bond donors (Lipinski definition) is 1. The van der Waals surface area contributed by atoms with Gasteiger partial charge in [-0.2, -0.15) is 0 Å². The monoisotopic (exact) mass is 441 g/mol. The van der Waals surface area contributed by atoms with E-state index in [0.29, 0.717) is 18.0 Å². The molecule has 0 aromatic heterocycles. The number of anilines is 2. The van der Waals surface area contributed by atoms with Crippen molar-refractivity contribution in [3.63, 3.8) is 0 Å². The Morgan fingerprint density at radius 1 is 1.10 bits per heavy atom. The summed E-state index contributed by atoms with van der Waals surface area (Å²) in [6.07, 6.45) is 0. The van der Waals surface area contributed by atoms with Crippen molar-refractivity contribution in [3.8, 4) is 5.75 Å². The lowest BCUT2D eigenvalue weighted by Gasteiger charge is -2.31. The van der Waals surface area contributed by atoms with E-state index in [1.54, 1.807) is 45.5 Å². The first-order valence-corrected chi connectivity index (χ1v) is 10.6. The lowest BCUT2D eigenvalue weighted by atomic mass is 10.2. The van der Waals surface area contributed by atoms with Crippen molar-refractivity contribution in [2.75, 3.05) is 56.7 Å². The van der Waals surface area contributed by atoms with Gasteiger partial charge in [-0.25, -0.2) is 8.42 Å². The number of benzene rings is 2. The number of nitrogens with one attached hydrogen (secondary N) is 1. The molecule has 29 heavy (non-hydrogen) atoms. The maximum Gasteiger partial charge on any atom is 0.264 e. The first-order chi connectivity index (χ1) is 13.5. The van der Waals surface area contributed by atoms with Gasteiger partial charge in [0, 0.05) is 40.3 Å². The zero-order valence-electron chi connectivity index (χ0n) is 16.9. The number of piperazine rings is 1. The van der Waals surface area contributed by atoms with Gasteiger partial charge in [-0.1, -0.05) is 12.1 Å². The minimum atomic E-state index is -3.72. The van der Waals surface area contributed by atoms with Crippen molar-refractivity contribution in [3.05, 3.63) is 48.0 Å². The summed E-state index contributed by atoms with van der Waals surface area (Å²) in [5.41, 5.74) is 2.30. The van der Waals surface area contributed by atoms with Crippen molar-refractivity contribution in [1.29, 1.82) is 0 Å². The van der Waals surface area contributed by atoms with E-state index in [1.807, 2.05) is 18.2 Å². The van der Waals surface area contributed by atoms with Crippen LogP contribution in [0, 0.1) is 0 Å². The second-order valence-electron chi connectivity index (χ2n) is 6.65.